The minimum Gasteiger partial charge on any atom is -0.505 e. The van der Waals surface area contributed by atoms with Crippen molar-refractivity contribution in [2.24, 2.45) is 0 Å². The average molecular weight is 499 g/mol. The molecule has 0 bridgehead atoms. The summed E-state index contributed by atoms with van der Waals surface area (Å²) in [7, 11) is 0. The fourth-order valence-corrected chi connectivity index (χ4v) is 5.03. The van der Waals surface area contributed by atoms with Crippen LogP contribution in [0.5, 0.6) is 5.75 Å². The number of amides is 2. The molecule has 0 unspecified atom stereocenters. The molecule has 0 saturated carbocycles. The second-order valence-electron chi connectivity index (χ2n) is 8.85. The summed E-state index contributed by atoms with van der Waals surface area (Å²) in [5.41, 5.74) is 3.97. The maximum atomic E-state index is 13.9. The molecule has 0 aliphatic carbocycles. The Kier molecular flexibility index (Phi) is 6.56. The first-order valence-corrected chi connectivity index (χ1v) is 12.4. The van der Waals surface area contributed by atoms with Crippen LogP contribution < -0.4 is 0 Å². The van der Waals surface area contributed by atoms with Gasteiger partial charge in [-0.15, -0.1) is 0 Å². The summed E-state index contributed by atoms with van der Waals surface area (Å²) in [6, 6.07) is 13.2. The molecule has 6 rings (SSSR count). The smallest absolute Gasteiger partial charge is 0.258 e. The number of benzene rings is 2. The molecule has 0 atom stereocenters. The lowest BCUT2D eigenvalue weighted by Gasteiger charge is -2.29. The summed E-state index contributed by atoms with van der Waals surface area (Å²) in [5.74, 6) is -1.15. The Labute approximate surface area is 214 Å². The second kappa shape index (κ2) is 9.97. The number of halogens is 1. The fourth-order valence-electron chi connectivity index (χ4n) is 5.03. The molecule has 2 aliphatic rings. The molecule has 0 spiro atoms. The van der Waals surface area contributed by atoms with Crippen LogP contribution in [0.4, 0.5) is 4.39 Å². The van der Waals surface area contributed by atoms with Gasteiger partial charge in [-0.2, -0.15) is 0 Å². The van der Waals surface area contributed by atoms with Crippen LogP contribution in [0.3, 0.4) is 0 Å². The van der Waals surface area contributed by atoms with Crippen molar-refractivity contribution < 1.29 is 19.1 Å². The van der Waals surface area contributed by atoms with E-state index in [0.717, 1.165) is 16.8 Å². The van der Waals surface area contributed by atoms with Gasteiger partial charge in [0.2, 0.25) is 0 Å². The minimum absolute atomic E-state index is 0.112. The highest BCUT2D eigenvalue weighted by atomic mass is 19.1. The van der Waals surface area contributed by atoms with Crippen molar-refractivity contribution in [1.82, 2.24) is 19.8 Å². The molecule has 4 heterocycles. The lowest BCUT2D eigenvalue weighted by atomic mass is 9.94. The van der Waals surface area contributed by atoms with E-state index in [9.17, 15) is 19.1 Å². The summed E-state index contributed by atoms with van der Waals surface area (Å²) in [6.45, 7) is 5.32. The lowest BCUT2D eigenvalue weighted by molar-refractivity contribution is 0.0727. The summed E-state index contributed by atoms with van der Waals surface area (Å²) < 4.78 is 13.3. The van der Waals surface area contributed by atoms with Crippen LogP contribution in [0.25, 0.3) is 10.9 Å². The van der Waals surface area contributed by atoms with Crippen molar-refractivity contribution in [1.29, 1.82) is 0 Å². The summed E-state index contributed by atoms with van der Waals surface area (Å²) in [4.78, 5) is 39.3. The molecule has 0 saturated heterocycles. The Morgan fingerprint density at radius 2 is 1.76 bits per heavy atom. The van der Waals surface area contributed by atoms with E-state index < -0.39 is 0 Å². The highest BCUT2D eigenvalue weighted by molar-refractivity contribution is 6.15. The Bertz CT molecular complexity index is 1500. The van der Waals surface area contributed by atoms with E-state index in [1.807, 2.05) is 26.0 Å². The largest absolute Gasteiger partial charge is 0.505 e. The molecular weight excluding hydrogens is 471 g/mol. The number of phenolic OH excluding ortho intramolecular Hbond substituents is 1. The van der Waals surface area contributed by atoms with E-state index >= 15 is 0 Å². The predicted molar refractivity (Wildman–Crippen MR) is 137 cm³/mol. The van der Waals surface area contributed by atoms with E-state index in [2.05, 4.69) is 9.97 Å². The third kappa shape index (κ3) is 4.28. The molecule has 1 N–H and O–H groups in total. The monoisotopic (exact) mass is 498 g/mol. The molecule has 2 amide bonds. The topological polar surface area (TPSA) is 86.6 Å². The molecule has 7 nitrogen and oxygen atoms in total. The predicted octanol–water partition coefficient (Wildman–Crippen LogP) is 4.86. The van der Waals surface area contributed by atoms with Gasteiger partial charge in [-0.25, -0.2) is 4.39 Å². The molecule has 2 aliphatic heterocycles. The van der Waals surface area contributed by atoms with E-state index in [-0.39, 0.29) is 47.6 Å². The van der Waals surface area contributed by atoms with Gasteiger partial charge in [-0.3, -0.25) is 19.6 Å². The zero-order chi connectivity index (χ0) is 26.1. The molecule has 0 fully saturated rings. The molecule has 2 aromatic heterocycles. The molecule has 0 radical (unpaired) electrons. The zero-order valence-electron chi connectivity index (χ0n) is 20.7. The normalized spacial score (nSPS) is 14.2. The van der Waals surface area contributed by atoms with Crippen molar-refractivity contribution in [3.63, 3.8) is 0 Å². The van der Waals surface area contributed by atoms with Crippen LogP contribution in [0, 0.1) is 5.82 Å². The van der Waals surface area contributed by atoms with Crippen LogP contribution in [-0.2, 0) is 26.1 Å². The number of rotatable bonds is 3. The third-order valence-corrected chi connectivity index (χ3v) is 6.74. The van der Waals surface area contributed by atoms with E-state index in [1.54, 1.807) is 40.3 Å². The number of carbonyl (C=O) groups excluding carboxylic acids is 2. The number of carbonyl (C=O) groups is 2. The third-order valence-electron chi connectivity index (χ3n) is 6.74. The van der Waals surface area contributed by atoms with Gasteiger partial charge in [0.15, 0.2) is 5.75 Å². The van der Waals surface area contributed by atoms with Crippen LogP contribution >= 0.6 is 0 Å². The van der Waals surface area contributed by atoms with E-state index in [4.69, 9.17) is 0 Å². The van der Waals surface area contributed by atoms with Gasteiger partial charge in [0.25, 0.3) is 11.8 Å². The van der Waals surface area contributed by atoms with Crippen molar-refractivity contribution in [2.45, 2.75) is 39.9 Å². The van der Waals surface area contributed by atoms with Gasteiger partial charge in [0.05, 0.1) is 11.1 Å². The van der Waals surface area contributed by atoms with E-state index in [0.29, 0.717) is 36.0 Å². The maximum Gasteiger partial charge on any atom is 0.258 e. The number of phenols is 1. The first-order valence-electron chi connectivity index (χ1n) is 12.4. The number of hydrogen-bond donors (Lipinski definition) is 1. The van der Waals surface area contributed by atoms with E-state index in [1.165, 1.54) is 18.3 Å². The van der Waals surface area contributed by atoms with Crippen LogP contribution in [-0.4, -0.2) is 43.2 Å². The first kappa shape index (κ1) is 24.4. The maximum absolute atomic E-state index is 13.9. The van der Waals surface area contributed by atoms with Gasteiger partial charge < -0.3 is 14.9 Å². The number of aromatic nitrogens is 2. The van der Waals surface area contributed by atoms with Gasteiger partial charge in [0, 0.05) is 61.6 Å². The Balaban J connectivity index is 0.00000137. The molecule has 37 heavy (non-hydrogen) atoms. The molecular formula is C29H27FN4O3. The Morgan fingerprint density at radius 1 is 1.03 bits per heavy atom. The number of nitrogens with zero attached hydrogens (tertiary/aromatic N) is 4. The van der Waals surface area contributed by atoms with Gasteiger partial charge in [-0.1, -0.05) is 38.1 Å². The SMILES string of the molecule is CC.O=C1c2c(c(C(=O)N3CCc4ncccc4C3)c3cccnc3c2O)CN1Cc1ccc(F)cc1. The summed E-state index contributed by atoms with van der Waals surface area (Å²) in [6.07, 6.45) is 3.93. The highest BCUT2D eigenvalue weighted by Gasteiger charge is 2.38. The van der Waals surface area contributed by atoms with Gasteiger partial charge >= 0.3 is 0 Å². The standard InChI is InChI=1S/C27H21FN4O3.C2H6/c28-18-7-5-16(6-8-18)13-32-15-20-22(19-4-2-11-30-24(19)25(33)23(20)27(32)35)26(34)31-12-9-21-17(14-31)3-1-10-29-21;1-2/h1-8,10-11,33H,9,12-15H2;1-2H3. The number of fused-ring (bicyclic) bond motifs is 3. The average Bonchev–Trinajstić information content (AvgIpc) is 3.26. The molecule has 8 heteroatoms. The zero-order valence-corrected chi connectivity index (χ0v) is 20.7. The number of hydrogen-bond acceptors (Lipinski definition) is 5. The minimum atomic E-state index is -0.378. The van der Waals surface area contributed by atoms with Crippen molar-refractivity contribution in [3.8, 4) is 5.75 Å². The molecule has 2 aromatic carbocycles. The van der Waals surface area contributed by atoms with Crippen LogP contribution in [0.2, 0.25) is 0 Å². The quantitative estimate of drug-likeness (QED) is 0.436. The summed E-state index contributed by atoms with van der Waals surface area (Å²) in [5, 5.41) is 11.5. The second-order valence-corrected chi connectivity index (χ2v) is 8.85. The Hall–Kier alpha value is -4.33. The van der Waals surface area contributed by atoms with Crippen molar-refractivity contribution in [3.05, 3.63) is 100 Å². The lowest BCUT2D eigenvalue weighted by Crippen LogP contribution is -2.37. The number of aromatic hydroxyl groups is 1. The highest BCUT2D eigenvalue weighted by Crippen LogP contribution is 2.40. The first-order chi connectivity index (χ1) is 18.0. The molecule has 4 aromatic rings. The van der Waals surface area contributed by atoms with Gasteiger partial charge in [-0.05, 0) is 35.4 Å². The summed E-state index contributed by atoms with van der Waals surface area (Å²) >= 11 is 0. The van der Waals surface area contributed by atoms with Crippen molar-refractivity contribution in [2.75, 3.05) is 6.54 Å². The van der Waals surface area contributed by atoms with Crippen molar-refractivity contribution >= 4 is 22.7 Å². The Morgan fingerprint density at radius 3 is 2.54 bits per heavy atom. The van der Waals surface area contributed by atoms with Crippen LogP contribution in [0.15, 0.2) is 60.9 Å². The fraction of sp³-hybridized carbons (Fsp3) is 0.241. The van der Waals surface area contributed by atoms with Gasteiger partial charge in [0.1, 0.15) is 11.3 Å². The molecule has 188 valence electrons. The van der Waals surface area contributed by atoms with Crippen LogP contribution in [0.1, 0.15) is 56.9 Å². The number of pyridine rings is 2.